The number of aliphatic hydroxyl groups is 1. The second-order valence-electron chi connectivity index (χ2n) is 5.59. The molecular weight excluding hydrogens is 240 g/mol. The van der Waals surface area contributed by atoms with Crippen molar-refractivity contribution < 1.29 is 9.90 Å². The standard InChI is InChI=1S/C15H20N2O2/c1-9-11(6-7-16-9)15(19)17-14-12-5-3-2-4-10(12)8-13(14)18/h2-5,9,11,13-14,16,18H,6-8H2,1H3,(H,17,19)/t9?,11?,13-,14+/m0/s1. The highest BCUT2D eigenvalue weighted by molar-refractivity contribution is 5.80. The van der Waals surface area contributed by atoms with Gasteiger partial charge in [0.25, 0.3) is 0 Å². The van der Waals surface area contributed by atoms with Gasteiger partial charge >= 0.3 is 0 Å². The number of benzene rings is 1. The van der Waals surface area contributed by atoms with E-state index in [1.54, 1.807) is 0 Å². The van der Waals surface area contributed by atoms with Crippen LogP contribution in [0, 0.1) is 5.92 Å². The minimum Gasteiger partial charge on any atom is -0.390 e. The molecule has 2 unspecified atom stereocenters. The monoisotopic (exact) mass is 260 g/mol. The fraction of sp³-hybridized carbons (Fsp3) is 0.533. The molecule has 1 saturated heterocycles. The van der Waals surface area contributed by atoms with Crippen LogP contribution in [0.15, 0.2) is 24.3 Å². The summed E-state index contributed by atoms with van der Waals surface area (Å²) in [7, 11) is 0. The number of aliphatic hydroxyl groups excluding tert-OH is 1. The summed E-state index contributed by atoms with van der Waals surface area (Å²) in [5.74, 6) is 0.0678. The Balaban J connectivity index is 1.75. The molecule has 4 heteroatoms. The van der Waals surface area contributed by atoms with Crippen LogP contribution in [0.4, 0.5) is 0 Å². The third-order valence-corrected chi connectivity index (χ3v) is 4.36. The van der Waals surface area contributed by atoms with Crippen molar-refractivity contribution in [1.29, 1.82) is 0 Å². The number of hydrogen-bond acceptors (Lipinski definition) is 3. The molecule has 1 aliphatic carbocycles. The van der Waals surface area contributed by atoms with Crippen LogP contribution in [-0.2, 0) is 11.2 Å². The molecule has 0 radical (unpaired) electrons. The summed E-state index contributed by atoms with van der Waals surface area (Å²) in [6, 6.07) is 7.90. The molecule has 19 heavy (non-hydrogen) atoms. The molecule has 1 aromatic rings. The Kier molecular flexibility index (Phi) is 3.29. The van der Waals surface area contributed by atoms with Crippen molar-refractivity contribution in [3.8, 4) is 0 Å². The van der Waals surface area contributed by atoms with E-state index in [2.05, 4.69) is 10.6 Å². The van der Waals surface area contributed by atoms with Crippen LogP contribution in [0.3, 0.4) is 0 Å². The molecule has 0 bridgehead atoms. The number of fused-ring (bicyclic) bond motifs is 1. The summed E-state index contributed by atoms with van der Waals surface area (Å²) in [4.78, 5) is 12.3. The average molecular weight is 260 g/mol. The van der Waals surface area contributed by atoms with Gasteiger partial charge in [0, 0.05) is 12.5 Å². The number of carbonyl (C=O) groups excluding carboxylic acids is 1. The highest BCUT2D eigenvalue weighted by Crippen LogP contribution is 2.31. The van der Waals surface area contributed by atoms with Crippen LogP contribution in [0.25, 0.3) is 0 Å². The molecule has 102 valence electrons. The lowest BCUT2D eigenvalue weighted by Gasteiger charge is -2.22. The summed E-state index contributed by atoms with van der Waals surface area (Å²) >= 11 is 0. The zero-order valence-corrected chi connectivity index (χ0v) is 11.1. The molecule has 1 heterocycles. The lowest BCUT2D eigenvalue weighted by atomic mass is 9.99. The maximum absolute atomic E-state index is 12.3. The lowest BCUT2D eigenvalue weighted by molar-refractivity contribution is -0.126. The third-order valence-electron chi connectivity index (χ3n) is 4.36. The zero-order valence-electron chi connectivity index (χ0n) is 11.1. The molecule has 0 saturated carbocycles. The number of hydrogen-bond donors (Lipinski definition) is 3. The second kappa shape index (κ2) is 4.94. The van der Waals surface area contributed by atoms with E-state index >= 15 is 0 Å². The van der Waals surface area contributed by atoms with E-state index in [-0.39, 0.29) is 23.9 Å². The quantitative estimate of drug-likeness (QED) is 0.735. The first-order valence-electron chi connectivity index (χ1n) is 6.96. The largest absolute Gasteiger partial charge is 0.390 e. The Morgan fingerprint density at radius 3 is 2.95 bits per heavy atom. The Morgan fingerprint density at radius 2 is 2.21 bits per heavy atom. The van der Waals surface area contributed by atoms with Gasteiger partial charge in [0.05, 0.1) is 18.1 Å². The molecule has 3 N–H and O–H groups in total. The molecule has 0 spiro atoms. The fourth-order valence-electron chi connectivity index (χ4n) is 3.23. The molecule has 0 aromatic heterocycles. The van der Waals surface area contributed by atoms with Crippen molar-refractivity contribution in [2.24, 2.45) is 5.92 Å². The van der Waals surface area contributed by atoms with Crippen molar-refractivity contribution in [3.63, 3.8) is 0 Å². The molecule has 1 amide bonds. The summed E-state index contributed by atoms with van der Waals surface area (Å²) in [6.45, 7) is 2.93. The van der Waals surface area contributed by atoms with E-state index in [0.717, 1.165) is 24.1 Å². The highest BCUT2D eigenvalue weighted by atomic mass is 16.3. The normalized spacial score (nSPS) is 33.2. The van der Waals surface area contributed by atoms with Crippen LogP contribution in [-0.4, -0.2) is 29.7 Å². The zero-order chi connectivity index (χ0) is 13.4. The van der Waals surface area contributed by atoms with Crippen LogP contribution < -0.4 is 10.6 Å². The number of carbonyl (C=O) groups is 1. The topological polar surface area (TPSA) is 61.4 Å². The highest BCUT2D eigenvalue weighted by Gasteiger charge is 2.35. The molecule has 4 atom stereocenters. The predicted molar refractivity (Wildman–Crippen MR) is 72.6 cm³/mol. The Morgan fingerprint density at radius 1 is 1.42 bits per heavy atom. The van der Waals surface area contributed by atoms with Crippen molar-refractivity contribution in [3.05, 3.63) is 35.4 Å². The summed E-state index contributed by atoms with van der Waals surface area (Å²) in [6.07, 6.45) is 0.989. The van der Waals surface area contributed by atoms with Gasteiger partial charge in [0.2, 0.25) is 5.91 Å². The fourth-order valence-corrected chi connectivity index (χ4v) is 3.23. The van der Waals surface area contributed by atoms with Crippen LogP contribution >= 0.6 is 0 Å². The van der Waals surface area contributed by atoms with Crippen LogP contribution in [0.1, 0.15) is 30.5 Å². The molecule has 3 rings (SSSR count). The molecule has 1 aliphatic heterocycles. The van der Waals surface area contributed by atoms with Crippen LogP contribution in [0.5, 0.6) is 0 Å². The molecule has 4 nitrogen and oxygen atoms in total. The van der Waals surface area contributed by atoms with Gasteiger partial charge in [-0.05, 0) is 31.0 Å². The van der Waals surface area contributed by atoms with Gasteiger partial charge in [-0.3, -0.25) is 4.79 Å². The number of nitrogens with one attached hydrogen (secondary N) is 2. The van der Waals surface area contributed by atoms with Gasteiger partial charge in [-0.1, -0.05) is 24.3 Å². The Bertz CT molecular complexity index is 489. The van der Waals surface area contributed by atoms with Gasteiger partial charge in [0.15, 0.2) is 0 Å². The van der Waals surface area contributed by atoms with Crippen molar-refractivity contribution >= 4 is 5.91 Å². The molecule has 1 fully saturated rings. The van der Waals surface area contributed by atoms with Gasteiger partial charge in [-0.2, -0.15) is 0 Å². The third kappa shape index (κ3) is 2.26. The minimum atomic E-state index is -0.508. The van der Waals surface area contributed by atoms with Gasteiger partial charge in [0.1, 0.15) is 0 Å². The first kappa shape index (κ1) is 12.6. The maximum Gasteiger partial charge on any atom is 0.225 e. The van der Waals surface area contributed by atoms with E-state index < -0.39 is 6.10 Å². The average Bonchev–Trinajstić information content (AvgIpc) is 2.94. The summed E-state index contributed by atoms with van der Waals surface area (Å²) < 4.78 is 0. The smallest absolute Gasteiger partial charge is 0.225 e. The second-order valence-corrected chi connectivity index (χ2v) is 5.59. The van der Waals surface area contributed by atoms with Gasteiger partial charge in [-0.15, -0.1) is 0 Å². The van der Waals surface area contributed by atoms with E-state index in [1.165, 1.54) is 0 Å². The van der Waals surface area contributed by atoms with Crippen molar-refractivity contribution in [2.75, 3.05) is 6.54 Å². The first-order chi connectivity index (χ1) is 9.16. The molecular formula is C15H20N2O2. The Hall–Kier alpha value is -1.39. The van der Waals surface area contributed by atoms with E-state index in [4.69, 9.17) is 0 Å². The number of rotatable bonds is 2. The maximum atomic E-state index is 12.3. The number of amides is 1. The van der Waals surface area contributed by atoms with Crippen molar-refractivity contribution in [1.82, 2.24) is 10.6 Å². The van der Waals surface area contributed by atoms with Gasteiger partial charge in [-0.25, -0.2) is 0 Å². The molecule has 2 aliphatic rings. The van der Waals surface area contributed by atoms with E-state index in [9.17, 15) is 9.90 Å². The minimum absolute atomic E-state index is 0.0139. The summed E-state index contributed by atoms with van der Waals surface area (Å²) in [5, 5.41) is 16.4. The van der Waals surface area contributed by atoms with E-state index in [0.29, 0.717) is 6.42 Å². The van der Waals surface area contributed by atoms with Gasteiger partial charge < -0.3 is 15.7 Å². The summed E-state index contributed by atoms with van der Waals surface area (Å²) in [5.41, 5.74) is 2.19. The predicted octanol–water partition coefficient (Wildman–Crippen LogP) is 0.759. The van der Waals surface area contributed by atoms with Crippen LogP contribution in [0.2, 0.25) is 0 Å². The molecule has 1 aromatic carbocycles. The Labute approximate surface area is 113 Å². The van der Waals surface area contributed by atoms with Crippen molar-refractivity contribution in [2.45, 2.75) is 38.0 Å². The SMILES string of the molecule is CC1NCCC1C(=O)N[C@@H]1c2ccccc2C[C@@H]1O. The lowest BCUT2D eigenvalue weighted by Crippen LogP contribution is -2.41. The van der Waals surface area contributed by atoms with E-state index in [1.807, 2.05) is 31.2 Å². The first-order valence-corrected chi connectivity index (χ1v) is 6.96.